The Morgan fingerprint density at radius 2 is 2.11 bits per heavy atom. The van der Waals surface area contributed by atoms with Crippen molar-refractivity contribution in [1.82, 2.24) is 19.9 Å². The van der Waals surface area contributed by atoms with Gasteiger partial charge in [0.2, 0.25) is 5.91 Å². The second-order valence-corrected chi connectivity index (χ2v) is 4.13. The average Bonchev–Trinajstić information content (AvgIpc) is 2.41. The van der Waals surface area contributed by atoms with Crippen molar-refractivity contribution < 1.29 is 4.79 Å². The lowest BCUT2D eigenvalue weighted by atomic mass is 10.3. The first-order chi connectivity index (χ1) is 9.15. The van der Waals surface area contributed by atoms with Gasteiger partial charge < -0.3 is 5.32 Å². The van der Waals surface area contributed by atoms with Crippen LogP contribution in [0.4, 0.5) is 0 Å². The van der Waals surface area contributed by atoms with Gasteiger partial charge in [-0.25, -0.2) is 4.98 Å². The van der Waals surface area contributed by atoms with E-state index in [0.29, 0.717) is 12.2 Å². The zero-order valence-corrected chi connectivity index (χ0v) is 10.5. The minimum atomic E-state index is -0.232. The molecule has 0 spiro atoms. The van der Waals surface area contributed by atoms with E-state index in [0.717, 1.165) is 5.56 Å². The number of rotatable bonds is 4. The van der Waals surface area contributed by atoms with Gasteiger partial charge in [-0.15, -0.1) is 0 Å². The number of pyridine rings is 1. The van der Waals surface area contributed by atoms with E-state index in [1.807, 2.05) is 12.1 Å². The van der Waals surface area contributed by atoms with Crippen LogP contribution in [0.2, 0.25) is 0 Å². The molecule has 0 saturated heterocycles. The number of hydrogen-bond acceptors (Lipinski definition) is 4. The highest BCUT2D eigenvalue weighted by atomic mass is 16.2. The fraction of sp³-hybridized carbons (Fsp3) is 0.231. The lowest BCUT2D eigenvalue weighted by Crippen LogP contribution is -2.32. The topological polar surface area (TPSA) is 76.9 Å². The maximum atomic E-state index is 11.7. The Morgan fingerprint density at radius 3 is 2.79 bits per heavy atom. The van der Waals surface area contributed by atoms with Gasteiger partial charge in [-0.2, -0.15) is 0 Å². The Labute approximate surface area is 110 Å². The molecule has 0 saturated carbocycles. The van der Waals surface area contributed by atoms with Crippen molar-refractivity contribution >= 4 is 5.91 Å². The van der Waals surface area contributed by atoms with E-state index in [2.05, 4.69) is 15.3 Å². The summed E-state index contributed by atoms with van der Waals surface area (Å²) in [5, 5.41) is 2.74. The number of aryl methyl sites for hydroxylation is 1. The molecular weight excluding hydrogens is 244 g/mol. The lowest BCUT2D eigenvalue weighted by Gasteiger charge is -2.07. The summed E-state index contributed by atoms with van der Waals surface area (Å²) in [4.78, 5) is 31.2. The Morgan fingerprint density at radius 1 is 1.37 bits per heavy atom. The summed E-state index contributed by atoms with van der Waals surface area (Å²) in [6, 6.07) is 5.04. The molecule has 6 nitrogen and oxygen atoms in total. The molecular formula is C13H14N4O2. The number of carbonyl (C=O) groups excluding carboxylic acids is 1. The summed E-state index contributed by atoms with van der Waals surface area (Å²) in [5.74, 6) is -0.232. The van der Waals surface area contributed by atoms with Crippen molar-refractivity contribution in [3.63, 3.8) is 0 Å². The van der Waals surface area contributed by atoms with E-state index >= 15 is 0 Å². The summed E-state index contributed by atoms with van der Waals surface area (Å²) in [6.07, 6.45) is 4.70. The fourth-order valence-corrected chi connectivity index (χ4v) is 1.55. The second kappa shape index (κ2) is 5.90. The van der Waals surface area contributed by atoms with Gasteiger partial charge in [0.1, 0.15) is 6.54 Å². The molecule has 0 aliphatic heterocycles. The van der Waals surface area contributed by atoms with Crippen LogP contribution in [0.1, 0.15) is 11.3 Å². The molecule has 2 aromatic rings. The Balaban J connectivity index is 1.93. The van der Waals surface area contributed by atoms with Crippen LogP contribution in [0.5, 0.6) is 0 Å². The minimum absolute atomic E-state index is 0.0306. The monoisotopic (exact) mass is 258 g/mol. The van der Waals surface area contributed by atoms with E-state index in [-0.39, 0.29) is 18.0 Å². The lowest BCUT2D eigenvalue weighted by molar-refractivity contribution is -0.121. The highest BCUT2D eigenvalue weighted by molar-refractivity contribution is 5.75. The van der Waals surface area contributed by atoms with Crippen molar-refractivity contribution in [3.8, 4) is 0 Å². The first-order valence-electron chi connectivity index (χ1n) is 5.84. The largest absolute Gasteiger partial charge is 0.350 e. The molecule has 0 unspecified atom stereocenters. The SMILES string of the molecule is Cc1cc(=O)n(CC(=O)NCc2ccncc2)cn1. The Kier molecular flexibility index (Phi) is 4.02. The standard InChI is InChI=1S/C13H14N4O2/c1-10-6-13(19)17(9-16-10)8-12(18)15-7-11-2-4-14-5-3-11/h2-6,9H,7-8H2,1H3,(H,15,18). The van der Waals surface area contributed by atoms with Crippen LogP contribution in [0.15, 0.2) is 41.7 Å². The van der Waals surface area contributed by atoms with Gasteiger partial charge in [0.05, 0.1) is 6.33 Å². The van der Waals surface area contributed by atoms with Gasteiger partial charge >= 0.3 is 0 Å². The minimum Gasteiger partial charge on any atom is -0.350 e. The van der Waals surface area contributed by atoms with Crippen LogP contribution in [-0.4, -0.2) is 20.4 Å². The third kappa shape index (κ3) is 3.74. The molecule has 1 amide bonds. The van der Waals surface area contributed by atoms with Gasteiger partial charge in [-0.3, -0.25) is 19.1 Å². The highest BCUT2D eigenvalue weighted by Gasteiger charge is 2.04. The number of aromatic nitrogens is 3. The predicted octanol–water partition coefficient (Wildman–Crippen LogP) is 0.263. The van der Waals surface area contributed by atoms with Crippen LogP contribution in [0.3, 0.4) is 0 Å². The van der Waals surface area contributed by atoms with Crippen molar-refractivity contribution in [1.29, 1.82) is 0 Å². The molecule has 0 bridgehead atoms. The van der Waals surface area contributed by atoms with E-state index in [9.17, 15) is 9.59 Å². The molecule has 19 heavy (non-hydrogen) atoms. The van der Waals surface area contributed by atoms with Crippen molar-refractivity contribution in [2.24, 2.45) is 0 Å². The Hall–Kier alpha value is -2.50. The normalized spacial score (nSPS) is 10.2. The zero-order chi connectivity index (χ0) is 13.7. The molecule has 6 heteroatoms. The van der Waals surface area contributed by atoms with Crippen LogP contribution < -0.4 is 10.9 Å². The maximum absolute atomic E-state index is 11.7. The first-order valence-corrected chi connectivity index (χ1v) is 5.84. The number of amides is 1. The number of nitrogens with zero attached hydrogens (tertiary/aromatic N) is 3. The number of nitrogens with one attached hydrogen (secondary N) is 1. The summed E-state index contributed by atoms with van der Waals surface area (Å²) in [5.41, 5.74) is 1.36. The maximum Gasteiger partial charge on any atom is 0.253 e. The third-order valence-electron chi connectivity index (χ3n) is 2.57. The van der Waals surface area contributed by atoms with Crippen molar-refractivity contribution in [2.75, 3.05) is 0 Å². The van der Waals surface area contributed by atoms with Crippen molar-refractivity contribution in [2.45, 2.75) is 20.0 Å². The molecule has 2 rings (SSSR count). The molecule has 0 aromatic carbocycles. The van der Waals surface area contributed by atoms with E-state index in [4.69, 9.17) is 0 Å². The summed E-state index contributed by atoms with van der Waals surface area (Å²) >= 11 is 0. The average molecular weight is 258 g/mol. The van der Waals surface area contributed by atoms with Gasteiger partial charge in [0.25, 0.3) is 5.56 Å². The first kappa shape index (κ1) is 12.9. The van der Waals surface area contributed by atoms with Gasteiger partial charge in [0.15, 0.2) is 0 Å². The van der Waals surface area contributed by atoms with E-state index in [1.165, 1.54) is 17.0 Å². The third-order valence-corrected chi connectivity index (χ3v) is 2.57. The number of carbonyl (C=O) groups is 1. The molecule has 98 valence electrons. The molecule has 0 fully saturated rings. The summed E-state index contributed by atoms with van der Waals surface area (Å²) in [6.45, 7) is 2.11. The molecule has 0 aliphatic rings. The molecule has 2 aromatic heterocycles. The van der Waals surface area contributed by atoms with Crippen LogP contribution in [0.25, 0.3) is 0 Å². The quantitative estimate of drug-likeness (QED) is 0.853. The predicted molar refractivity (Wildman–Crippen MR) is 69.3 cm³/mol. The van der Waals surface area contributed by atoms with Gasteiger partial charge in [-0.1, -0.05) is 0 Å². The smallest absolute Gasteiger partial charge is 0.253 e. The highest BCUT2D eigenvalue weighted by Crippen LogP contribution is 1.94. The number of hydrogen-bond donors (Lipinski definition) is 1. The molecule has 2 heterocycles. The summed E-state index contributed by atoms with van der Waals surface area (Å²) < 4.78 is 1.27. The van der Waals surface area contributed by atoms with Crippen LogP contribution >= 0.6 is 0 Å². The van der Waals surface area contributed by atoms with E-state index < -0.39 is 0 Å². The van der Waals surface area contributed by atoms with Crippen molar-refractivity contribution in [3.05, 3.63) is 58.5 Å². The molecule has 1 N–H and O–H groups in total. The van der Waals surface area contributed by atoms with E-state index in [1.54, 1.807) is 19.3 Å². The molecule has 0 radical (unpaired) electrons. The molecule has 0 atom stereocenters. The fourth-order valence-electron chi connectivity index (χ4n) is 1.55. The van der Waals surface area contributed by atoms with Crippen LogP contribution in [0, 0.1) is 6.92 Å². The Bertz CT molecular complexity index is 622. The van der Waals surface area contributed by atoms with Crippen LogP contribution in [-0.2, 0) is 17.9 Å². The van der Waals surface area contributed by atoms with Gasteiger partial charge in [0, 0.05) is 30.7 Å². The second-order valence-electron chi connectivity index (χ2n) is 4.13. The zero-order valence-electron chi connectivity index (χ0n) is 10.5. The summed E-state index contributed by atoms with van der Waals surface area (Å²) in [7, 11) is 0. The molecule has 0 aliphatic carbocycles. The van der Waals surface area contributed by atoms with Gasteiger partial charge in [-0.05, 0) is 24.6 Å².